The number of fused-ring (bicyclic) bond motifs is 1. The van der Waals surface area contributed by atoms with E-state index in [9.17, 15) is 4.79 Å². The van der Waals surface area contributed by atoms with Crippen LogP contribution in [0, 0.1) is 6.92 Å². The first-order valence-corrected chi connectivity index (χ1v) is 10.3. The van der Waals surface area contributed by atoms with E-state index in [-0.39, 0.29) is 11.5 Å². The van der Waals surface area contributed by atoms with Crippen LogP contribution >= 0.6 is 11.6 Å². The first-order valence-electron chi connectivity index (χ1n) is 9.96. The Morgan fingerprint density at radius 2 is 2.03 bits per heavy atom. The third-order valence-corrected chi connectivity index (χ3v) is 6.79. The summed E-state index contributed by atoms with van der Waals surface area (Å²) in [7, 11) is 3.86. The second-order valence-electron chi connectivity index (χ2n) is 8.03. The summed E-state index contributed by atoms with van der Waals surface area (Å²) in [5.74, 6) is 1.25. The van der Waals surface area contributed by atoms with E-state index in [1.165, 1.54) is 5.56 Å². The van der Waals surface area contributed by atoms with E-state index in [1.807, 2.05) is 0 Å². The van der Waals surface area contributed by atoms with Crippen molar-refractivity contribution >= 4 is 17.6 Å². The topological polar surface area (TPSA) is 38.8 Å². The highest BCUT2D eigenvalue weighted by atomic mass is 35.5. The molecule has 1 aliphatic carbocycles. The van der Waals surface area contributed by atoms with Gasteiger partial charge >= 0.3 is 5.97 Å². The first kappa shape index (κ1) is 20.0. The summed E-state index contributed by atoms with van der Waals surface area (Å²) in [5.41, 5.74) is 2.91. The van der Waals surface area contributed by atoms with Gasteiger partial charge in [-0.05, 0) is 68.8 Å². The number of carbonyl (C=O) groups excluding carboxylic acids is 1. The smallest absolute Gasteiger partial charge is 0.344 e. The predicted octanol–water partition coefficient (Wildman–Crippen LogP) is 5.13. The molecule has 2 aromatic carbocycles. The Balaban J connectivity index is 1.60. The van der Waals surface area contributed by atoms with Crippen molar-refractivity contribution in [1.82, 2.24) is 4.90 Å². The van der Waals surface area contributed by atoms with Crippen LogP contribution in [0.15, 0.2) is 54.3 Å². The Hall–Kier alpha value is -2.30. The van der Waals surface area contributed by atoms with E-state index < -0.39 is 5.97 Å². The predicted molar refractivity (Wildman–Crippen MR) is 115 cm³/mol. The van der Waals surface area contributed by atoms with Gasteiger partial charge in [0.1, 0.15) is 11.5 Å². The van der Waals surface area contributed by atoms with Gasteiger partial charge in [-0.2, -0.15) is 0 Å². The van der Waals surface area contributed by atoms with Crippen LogP contribution < -0.4 is 4.74 Å². The molecule has 1 saturated heterocycles. The van der Waals surface area contributed by atoms with Gasteiger partial charge in [0.05, 0.1) is 17.7 Å². The number of rotatable bonds is 4. The highest BCUT2D eigenvalue weighted by Gasteiger charge is 2.49. The zero-order chi connectivity index (χ0) is 20.6. The fraction of sp³-hybridized carbons (Fsp3) is 0.375. The summed E-state index contributed by atoms with van der Waals surface area (Å²) in [6.45, 7) is 3.11. The van der Waals surface area contributed by atoms with Gasteiger partial charge in [0.25, 0.3) is 0 Å². The molecular weight excluding hydrogens is 386 g/mol. The van der Waals surface area contributed by atoms with E-state index in [4.69, 9.17) is 21.1 Å². The van der Waals surface area contributed by atoms with Crippen molar-refractivity contribution in [2.24, 2.45) is 0 Å². The van der Waals surface area contributed by atoms with Crippen LogP contribution in [0.3, 0.4) is 0 Å². The van der Waals surface area contributed by atoms with Gasteiger partial charge in [0, 0.05) is 17.9 Å². The third kappa shape index (κ3) is 3.56. The molecular formula is C24H26ClNO3. The monoisotopic (exact) mass is 411 g/mol. The molecule has 0 bridgehead atoms. The molecule has 1 fully saturated rings. The maximum atomic E-state index is 12.6. The Bertz CT molecular complexity index is 970. The van der Waals surface area contributed by atoms with Gasteiger partial charge in [-0.1, -0.05) is 35.9 Å². The SMILES string of the molecule is COc1ccc(C23CC=C(OC(=O)c4ccccc4Cl)CC2N(C)CC3)cc1C. The first-order chi connectivity index (χ1) is 13.9. The second-order valence-corrected chi connectivity index (χ2v) is 8.44. The zero-order valence-corrected chi connectivity index (χ0v) is 17.8. The van der Waals surface area contributed by atoms with E-state index in [0.29, 0.717) is 17.0 Å². The highest BCUT2D eigenvalue weighted by molar-refractivity contribution is 6.33. The highest BCUT2D eigenvalue weighted by Crippen LogP contribution is 2.48. The fourth-order valence-electron chi connectivity index (χ4n) is 4.81. The molecule has 2 aromatic rings. The number of ether oxygens (including phenoxy) is 2. The van der Waals surface area contributed by atoms with Gasteiger partial charge in [-0.15, -0.1) is 0 Å². The number of likely N-dealkylation sites (tertiary alicyclic amines) is 1. The maximum absolute atomic E-state index is 12.6. The average Bonchev–Trinajstić information content (AvgIpc) is 3.05. The van der Waals surface area contributed by atoms with Crippen molar-refractivity contribution in [3.05, 3.63) is 76.0 Å². The minimum absolute atomic E-state index is 0.0338. The molecule has 0 amide bonds. The number of likely N-dealkylation sites (N-methyl/N-ethyl adjacent to an activating group) is 1. The second kappa shape index (κ2) is 7.85. The molecule has 29 heavy (non-hydrogen) atoms. The van der Waals surface area contributed by atoms with Crippen molar-refractivity contribution < 1.29 is 14.3 Å². The lowest BCUT2D eigenvalue weighted by Crippen LogP contribution is -2.43. The molecule has 1 aliphatic heterocycles. The molecule has 5 heteroatoms. The lowest BCUT2D eigenvalue weighted by Gasteiger charge is -2.41. The van der Waals surface area contributed by atoms with Crippen molar-refractivity contribution in [1.29, 1.82) is 0 Å². The number of aryl methyl sites for hydroxylation is 1. The van der Waals surface area contributed by atoms with E-state index in [1.54, 1.807) is 31.4 Å². The Kier molecular flexibility index (Phi) is 5.41. The van der Waals surface area contributed by atoms with Crippen molar-refractivity contribution in [2.75, 3.05) is 20.7 Å². The Morgan fingerprint density at radius 3 is 2.76 bits per heavy atom. The summed E-state index contributed by atoms with van der Waals surface area (Å²) in [4.78, 5) is 15.0. The molecule has 0 spiro atoms. The molecule has 2 unspecified atom stereocenters. The molecule has 0 saturated carbocycles. The number of hydrogen-bond acceptors (Lipinski definition) is 4. The minimum atomic E-state index is -0.393. The quantitative estimate of drug-likeness (QED) is 0.653. The number of carbonyl (C=O) groups is 1. The lowest BCUT2D eigenvalue weighted by atomic mass is 9.68. The van der Waals surface area contributed by atoms with Crippen LogP contribution in [0.1, 0.15) is 40.7 Å². The summed E-state index contributed by atoms with van der Waals surface area (Å²) in [6, 6.07) is 13.8. The van der Waals surface area contributed by atoms with Crippen molar-refractivity contribution in [2.45, 2.75) is 37.6 Å². The number of halogens is 1. The number of methoxy groups -OCH3 is 1. The number of hydrogen-bond donors (Lipinski definition) is 0. The van der Waals surface area contributed by atoms with E-state index in [0.717, 1.165) is 36.5 Å². The van der Waals surface area contributed by atoms with Gasteiger partial charge < -0.3 is 14.4 Å². The molecule has 1 heterocycles. The summed E-state index contributed by atoms with van der Waals surface area (Å²) in [5, 5.41) is 0.412. The molecule has 0 N–H and O–H groups in total. The summed E-state index contributed by atoms with van der Waals surface area (Å²) in [6.07, 6.45) is 4.73. The summed E-state index contributed by atoms with van der Waals surface area (Å²) >= 11 is 6.15. The standard InChI is InChI=1S/C24H26ClNO3/c1-16-14-17(8-9-21(16)28-3)24-11-10-18(15-22(24)26(2)13-12-24)29-23(27)19-6-4-5-7-20(19)25/h4-10,14,22H,11-13,15H2,1-3H3. The van der Waals surface area contributed by atoms with Crippen LogP contribution in [-0.4, -0.2) is 37.6 Å². The molecule has 0 aromatic heterocycles. The van der Waals surface area contributed by atoms with Gasteiger partial charge in [-0.3, -0.25) is 0 Å². The fourth-order valence-corrected chi connectivity index (χ4v) is 5.02. The zero-order valence-electron chi connectivity index (χ0n) is 17.1. The number of allylic oxidation sites excluding steroid dienone is 1. The third-order valence-electron chi connectivity index (χ3n) is 6.46. The molecule has 152 valence electrons. The summed E-state index contributed by atoms with van der Waals surface area (Å²) < 4.78 is 11.2. The van der Waals surface area contributed by atoms with E-state index in [2.05, 4.69) is 43.1 Å². The van der Waals surface area contributed by atoms with Crippen molar-refractivity contribution in [3.8, 4) is 5.75 Å². The van der Waals surface area contributed by atoms with Gasteiger partial charge in [0.2, 0.25) is 0 Å². The molecule has 0 radical (unpaired) electrons. The number of benzene rings is 2. The maximum Gasteiger partial charge on any atom is 0.344 e. The Labute approximate surface area is 177 Å². The molecule has 4 nitrogen and oxygen atoms in total. The van der Waals surface area contributed by atoms with E-state index >= 15 is 0 Å². The minimum Gasteiger partial charge on any atom is -0.496 e. The van der Waals surface area contributed by atoms with Crippen LogP contribution in [-0.2, 0) is 10.2 Å². The van der Waals surface area contributed by atoms with Gasteiger partial charge in [0.15, 0.2) is 0 Å². The molecule has 4 rings (SSSR count). The number of nitrogens with zero attached hydrogens (tertiary/aromatic N) is 1. The van der Waals surface area contributed by atoms with Crippen LogP contribution in [0.25, 0.3) is 0 Å². The molecule has 2 aliphatic rings. The normalized spacial score (nSPS) is 24.0. The number of esters is 1. The largest absolute Gasteiger partial charge is 0.496 e. The average molecular weight is 412 g/mol. The van der Waals surface area contributed by atoms with Crippen molar-refractivity contribution in [3.63, 3.8) is 0 Å². The van der Waals surface area contributed by atoms with Crippen LogP contribution in [0.5, 0.6) is 5.75 Å². The van der Waals surface area contributed by atoms with Gasteiger partial charge in [-0.25, -0.2) is 4.79 Å². The molecule has 2 atom stereocenters. The Morgan fingerprint density at radius 1 is 1.24 bits per heavy atom. The van der Waals surface area contributed by atoms with Crippen LogP contribution in [0.2, 0.25) is 5.02 Å². The van der Waals surface area contributed by atoms with Crippen LogP contribution in [0.4, 0.5) is 0 Å². The lowest BCUT2D eigenvalue weighted by molar-refractivity contribution is 0.0580.